The number of aliphatic hydroxyl groups excluding tert-OH is 4. The summed E-state index contributed by atoms with van der Waals surface area (Å²) in [4.78, 5) is 156. The van der Waals surface area contributed by atoms with Gasteiger partial charge in [-0.2, -0.15) is 0 Å². The van der Waals surface area contributed by atoms with Crippen molar-refractivity contribution in [1.82, 2.24) is 0 Å². The Morgan fingerprint density at radius 1 is 0.358 bits per heavy atom. The number of rotatable bonds is 23. The third-order valence-electron chi connectivity index (χ3n) is 6.65. The molecular weight excluding hydrogens is 998 g/mol. The summed E-state index contributed by atoms with van der Waals surface area (Å²) < 4.78 is 37.6. The second-order valence-corrected chi connectivity index (χ2v) is 13.0. The van der Waals surface area contributed by atoms with Gasteiger partial charge in [0.2, 0.25) is 24.4 Å². The Balaban J connectivity index is -0.000000461. The first kappa shape index (κ1) is 68.6. The molecule has 0 aromatic rings. The Hall–Kier alpha value is -4.96. The molecule has 12 atom stereocenters. The van der Waals surface area contributed by atoms with Crippen LogP contribution in [0.5, 0.6) is 0 Å². The van der Waals surface area contributed by atoms with Crippen molar-refractivity contribution in [2.24, 2.45) is 0 Å². The summed E-state index contributed by atoms with van der Waals surface area (Å²) in [6, 6.07) is 0. The molecule has 0 aliphatic heterocycles. The van der Waals surface area contributed by atoms with Crippen molar-refractivity contribution in [3.05, 3.63) is 0 Å². The Kier molecular flexibility index (Phi) is 34.3. The zero-order valence-corrected chi connectivity index (χ0v) is 40.8. The topological polar surface area (TPSA) is 477 Å². The molecule has 7 N–H and O–H groups in total. The maximum atomic E-state index is 11.6. The monoisotopic (exact) mass is 1040 g/mol. The summed E-state index contributed by atoms with van der Waals surface area (Å²) in [6.45, 7) is 7.10. The first-order valence-corrected chi connectivity index (χ1v) is 18.2. The van der Waals surface area contributed by atoms with E-state index in [2.05, 4.69) is 18.9 Å². The van der Waals surface area contributed by atoms with Crippen LogP contribution in [0.25, 0.3) is 0 Å². The Bertz CT molecular complexity index is 1590. The van der Waals surface area contributed by atoms with Crippen LogP contribution in [0.2, 0.25) is 0 Å². The van der Waals surface area contributed by atoms with Crippen LogP contribution in [-0.2, 0) is 105 Å². The second-order valence-electron chi connectivity index (χ2n) is 12.2. The molecule has 0 aromatic heterocycles. The normalized spacial score (nSPS) is 15.6. The number of carbonyl (C=O) groups is 14. The number of carboxylic acid groups (broad SMARTS) is 4. The number of halogens is 2. The number of hydrogen-bond acceptors (Lipinski definition) is 27. The van der Waals surface area contributed by atoms with Crippen molar-refractivity contribution in [2.75, 3.05) is 0 Å². The van der Waals surface area contributed by atoms with Crippen LogP contribution in [0, 0.1) is 0 Å². The fourth-order valence-corrected chi connectivity index (χ4v) is 4.68. The van der Waals surface area contributed by atoms with Crippen molar-refractivity contribution < 1.29 is 197 Å². The van der Waals surface area contributed by atoms with Gasteiger partial charge in [-0.15, -0.1) is 0 Å². The predicted octanol–water partition coefficient (Wildman–Crippen LogP) is -8.61. The number of aliphatic carboxylic acids is 4. The molecule has 30 nitrogen and oxygen atoms in total. The van der Waals surface area contributed by atoms with E-state index in [0.717, 1.165) is 55.4 Å². The van der Waals surface area contributed by atoms with E-state index in [1.807, 2.05) is 0 Å². The third-order valence-corrected chi connectivity index (χ3v) is 7.08. The Morgan fingerprint density at radius 2 is 0.552 bits per heavy atom. The van der Waals surface area contributed by atoms with Crippen LogP contribution in [0.15, 0.2) is 0 Å². The van der Waals surface area contributed by atoms with Crippen LogP contribution >= 0.6 is 23.2 Å². The third kappa shape index (κ3) is 28.1. The summed E-state index contributed by atoms with van der Waals surface area (Å²) in [7, 11) is 0. The summed E-state index contributed by atoms with van der Waals surface area (Å²) in [5.74, 6) is -16.0. The maximum absolute atomic E-state index is 11.6. The van der Waals surface area contributed by atoms with Gasteiger partial charge in [-0.1, -0.05) is 0 Å². The van der Waals surface area contributed by atoms with E-state index >= 15 is 0 Å². The molecule has 67 heavy (non-hydrogen) atoms. The van der Waals surface area contributed by atoms with Crippen LogP contribution in [0.1, 0.15) is 55.4 Å². The van der Waals surface area contributed by atoms with Crippen molar-refractivity contribution in [1.29, 1.82) is 0 Å². The molecule has 33 heteroatoms. The van der Waals surface area contributed by atoms with Gasteiger partial charge < -0.3 is 83.5 Å². The zero-order valence-electron chi connectivity index (χ0n) is 36.2. The molecule has 0 bridgehead atoms. The van der Waals surface area contributed by atoms with Gasteiger partial charge >= 0.3 is 117 Å². The molecule has 0 saturated carbocycles. The molecule has 0 amide bonds. The smallest absolute Gasteiger partial charge is 0.547 e. The quantitative estimate of drug-likeness (QED) is 0.0216. The molecule has 0 unspecified atom stereocenters. The van der Waals surface area contributed by atoms with Crippen molar-refractivity contribution in [2.45, 2.75) is 129 Å². The summed E-state index contributed by atoms with van der Waals surface area (Å²) >= 11 is 10.7. The standard InChI is InChI=1S/C14H16Cl2O10.C14H18O12.C6H10O8.K/c1-5(17)23-9(11(13(15)21)25-7(3)19)10(24-6(2)18)12(14(16)22)26-8(4)20;1-5(15)23-9(11(13(19)20)25-7(3)17)10(24-6(2)16)12(14(21)22)26-8(4)18;7-1(3(9)5(11)12)2(8)4(10)6(13)14;/h9-12H,1-4H3;9-12H,1-4H3,(H,19,20)(H,21,22);1-4,7-10H,(H,11,12)(H,13,14);/q;;;+1/p-1/t2*9-,10-,11-,12+;1-,2-,3-,4+;/m000./s1. The van der Waals surface area contributed by atoms with Crippen molar-refractivity contribution in [3.63, 3.8) is 0 Å². The van der Waals surface area contributed by atoms with Gasteiger partial charge in [0.05, 0.1) is 5.97 Å². The second kappa shape index (κ2) is 33.5. The van der Waals surface area contributed by atoms with E-state index in [-0.39, 0.29) is 51.4 Å². The van der Waals surface area contributed by atoms with Gasteiger partial charge in [-0.3, -0.25) is 47.9 Å². The minimum absolute atomic E-state index is 0. The number of carboxylic acids is 4. The molecule has 0 rings (SSSR count). The molecule has 374 valence electrons. The minimum atomic E-state index is -2.47. The van der Waals surface area contributed by atoms with E-state index in [0.29, 0.717) is 0 Å². The molecule has 0 spiro atoms. The van der Waals surface area contributed by atoms with Gasteiger partial charge in [0.1, 0.15) is 18.3 Å². The van der Waals surface area contributed by atoms with E-state index in [1.54, 1.807) is 0 Å². The number of carbonyl (C=O) groups excluding carboxylic acids is 11. The molecule has 0 aliphatic carbocycles. The SMILES string of the molecule is CC(=O)O[C@@H]([C@H](OC(C)=O)[C@@H](OC(C)=O)C(=O)Cl)[C@H](OC(C)=O)C(=O)Cl.CC(=O)O[C@@H]([C@H](OC(C)=O)[C@@H](OC(C)=O)C(=O)O)[C@H](OC(C)=O)C(=O)O.O=C(O)[C@@H](O)[C@@H](O)[C@H](O)[C@@H](O)C(=O)[O-].[K+]. The molecule has 0 heterocycles. The van der Waals surface area contributed by atoms with E-state index < -0.39 is 155 Å². The van der Waals surface area contributed by atoms with Crippen molar-refractivity contribution >= 4 is 105 Å². The molecule has 0 saturated heterocycles. The molecule has 0 fully saturated rings. The first-order chi connectivity index (χ1) is 30.0. The van der Waals surface area contributed by atoms with Gasteiger partial charge in [-0.05, 0) is 23.2 Å². The van der Waals surface area contributed by atoms with Gasteiger partial charge in [0.15, 0.2) is 30.5 Å². The first-order valence-electron chi connectivity index (χ1n) is 17.4. The average molecular weight is 1040 g/mol. The Morgan fingerprint density at radius 3 is 0.716 bits per heavy atom. The van der Waals surface area contributed by atoms with Gasteiger partial charge in [-0.25, -0.2) is 14.4 Å². The number of ether oxygens (including phenoxy) is 8. The maximum Gasteiger partial charge on any atom is 1.00 e. The number of esters is 8. The average Bonchev–Trinajstić information content (AvgIpc) is 3.15. The van der Waals surface area contributed by atoms with Gasteiger partial charge in [0.25, 0.3) is 10.5 Å². The number of aliphatic hydroxyl groups is 4. The largest absolute Gasteiger partial charge is 1.00 e. The molecule has 0 aliphatic rings. The van der Waals surface area contributed by atoms with E-state index in [4.69, 9.17) is 67.7 Å². The number of hydrogen-bond donors (Lipinski definition) is 7. The summed E-state index contributed by atoms with van der Waals surface area (Å²) in [5, 5.41) is 68.9. The summed E-state index contributed by atoms with van der Waals surface area (Å²) in [6.07, 6.45) is -26.0. The van der Waals surface area contributed by atoms with Crippen LogP contribution in [-0.4, -0.2) is 191 Å². The van der Waals surface area contributed by atoms with Crippen molar-refractivity contribution in [3.8, 4) is 0 Å². The molecular formula is C34H43Cl2KO30. The Labute approximate surface area is 428 Å². The molecule has 0 radical (unpaired) electrons. The minimum Gasteiger partial charge on any atom is -0.547 e. The van der Waals surface area contributed by atoms with Crippen LogP contribution in [0.3, 0.4) is 0 Å². The molecule has 0 aromatic carbocycles. The fourth-order valence-electron chi connectivity index (χ4n) is 4.35. The fraction of sp³-hybridized carbons (Fsp3) is 0.588. The van der Waals surface area contributed by atoms with E-state index in [1.165, 1.54) is 0 Å². The van der Waals surface area contributed by atoms with E-state index in [9.17, 15) is 82.4 Å². The zero-order chi connectivity index (χ0) is 52.7. The van der Waals surface area contributed by atoms with Crippen LogP contribution < -0.4 is 56.5 Å². The van der Waals surface area contributed by atoms with Gasteiger partial charge in [0, 0.05) is 55.4 Å². The summed E-state index contributed by atoms with van der Waals surface area (Å²) in [5.41, 5.74) is 0. The predicted molar refractivity (Wildman–Crippen MR) is 198 cm³/mol. The van der Waals surface area contributed by atoms with Crippen LogP contribution in [0.4, 0.5) is 0 Å².